The van der Waals surface area contributed by atoms with Crippen LogP contribution in [0.4, 0.5) is 0 Å². The molecule has 2 unspecified atom stereocenters. The summed E-state index contributed by atoms with van der Waals surface area (Å²) in [7, 11) is 1.89. The number of thioether (sulfide) groups is 2. The van der Waals surface area contributed by atoms with Crippen molar-refractivity contribution in [1.29, 1.82) is 0 Å². The van der Waals surface area contributed by atoms with E-state index in [1.54, 1.807) is 0 Å². The van der Waals surface area contributed by atoms with Crippen LogP contribution in [0, 0.1) is 0 Å². The molecule has 8 nitrogen and oxygen atoms in total. The van der Waals surface area contributed by atoms with Gasteiger partial charge in [0, 0.05) is 11.8 Å². The van der Waals surface area contributed by atoms with E-state index in [0.29, 0.717) is 12.5 Å². The zero-order valence-electron chi connectivity index (χ0n) is 17.3. The van der Waals surface area contributed by atoms with Crippen molar-refractivity contribution in [3.8, 4) is 0 Å². The highest BCUT2D eigenvalue weighted by atomic mass is 32.2. The average molecular weight is 481 g/mol. The number of hydrogen-bond donors (Lipinski definition) is 2. The zero-order chi connectivity index (χ0) is 22.5. The summed E-state index contributed by atoms with van der Waals surface area (Å²) in [5.41, 5.74) is 0.827. The summed E-state index contributed by atoms with van der Waals surface area (Å²) in [5.74, 6) is -1.08. The van der Waals surface area contributed by atoms with Crippen LogP contribution in [0.1, 0.15) is 25.5 Å². The van der Waals surface area contributed by atoms with Crippen molar-refractivity contribution in [2.45, 2.75) is 42.1 Å². The molecule has 0 bridgehead atoms. The molecule has 1 aromatic rings. The van der Waals surface area contributed by atoms with Crippen molar-refractivity contribution in [2.24, 2.45) is 0 Å². The first-order chi connectivity index (χ1) is 14.6. The van der Waals surface area contributed by atoms with Gasteiger partial charge in [0.25, 0.3) is 0 Å². The van der Waals surface area contributed by atoms with Crippen LogP contribution in [0.15, 0.2) is 30.3 Å². The molecule has 0 aliphatic carbocycles. The minimum Gasteiger partial charge on any atom is -0.480 e. The molecule has 2 N–H and O–H groups in total. The highest BCUT2D eigenvalue weighted by molar-refractivity contribution is 8.22. The third-order valence-electron chi connectivity index (χ3n) is 5.76. The van der Waals surface area contributed by atoms with E-state index in [9.17, 15) is 19.5 Å². The van der Waals surface area contributed by atoms with E-state index in [4.69, 9.17) is 12.2 Å². The van der Waals surface area contributed by atoms with Gasteiger partial charge in [0.15, 0.2) is 0 Å². The van der Waals surface area contributed by atoms with Gasteiger partial charge in [0.1, 0.15) is 27.8 Å². The Morgan fingerprint density at radius 3 is 2.58 bits per heavy atom. The fraction of sp³-hybridized carbons (Fsp3) is 0.500. The fourth-order valence-corrected chi connectivity index (χ4v) is 6.94. The minimum absolute atomic E-state index is 0.275. The lowest BCUT2D eigenvalue weighted by molar-refractivity contribution is -0.161. The molecule has 3 aliphatic heterocycles. The summed E-state index contributed by atoms with van der Waals surface area (Å²) in [6.07, 6.45) is 0. The molecule has 0 aromatic heterocycles. The predicted molar refractivity (Wildman–Crippen MR) is 124 cm³/mol. The van der Waals surface area contributed by atoms with Crippen LogP contribution in [-0.2, 0) is 14.4 Å². The van der Waals surface area contributed by atoms with E-state index in [1.807, 2.05) is 61.0 Å². The van der Waals surface area contributed by atoms with Crippen LogP contribution in [-0.4, -0.2) is 83.7 Å². The number of carbonyl (C=O) groups is 3. The molecule has 4 atom stereocenters. The van der Waals surface area contributed by atoms with Crippen molar-refractivity contribution >= 4 is 57.8 Å². The number of aliphatic carboxylic acids is 1. The smallest absolute Gasteiger partial charge is 0.327 e. The lowest BCUT2D eigenvalue weighted by atomic mass is 9.95. The monoisotopic (exact) mass is 480 g/mol. The maximum absolute atomic E-state index is 13.4. The third-order valence-corrected chi connectivity index (χ3v) is 9.02. The molecule has 3 saturated heterocycles. The number of nitrogens with zero attached hydrogens (tertiary/aromatic N) is 3. The first kappa shape index (κ1) is 22.4. The predicted octanol–water partition coefficient (Wildman–Crippen LogP) is 1.54. The van der Waals surface area contributed by atoms with Crippen molar-refractivity contribution in [1.82, 2.24) is 20.0 Å². The van der Waals surface area contributed by atoms with Gasteiger partial charge in [-0.1, -0.05) is 54.3 Å². The Morgan fingerprint density at radius 1 is 1.29 bits per heavy atom. The molecule has 4 rings (SSSR count). The molecule has 3 aliphatic rings. The molecular weight excluding hydrogens is 456 g/mol. The van der Waals surface area contributed by atoms with Gasteiger partial charge in [-0.05, 0) is 19.4 Å². The van der Waals surface area contributed by atoms with Crippen LogP contribution in [0.5, 0.6) is 0 Å². The van der Waals surface area contributed by atoms with Gasteiger partial charge in [-0.3, -0.25) is 14.5 Å². The number of nitrogens with one attached hydrogen (secondary N) is 1. The summed E-state index contributed by atoms with van der Waals surface area (Å²) >= 11 is 8.24. The molecule has 0 spiro atoms. The van der Waals surface area contributed by atoms with Crippen LogP contribution in [0.25, 0.3) is 0 Å². The number of carbonyl (C=O) groups excluding carboxylic acids is 2. The molecule has 31 heavy (non-hydrogen) atoms. The highest BCUT2D eigenvalue weighted by Gasteiger charge is 2.64. The normalized spacial score (nSPS) is 28.7. The Morgan fingerprint density at radius 2 is 1.97 bits per heavy atom. The molecule has 1 aromatic carbocycles. The van der Waals surface area contributed by atoms with Gasteiger partial charge < -0.3 is 20.2 Å². The lowest BCUT2D eigenvalue weighted by Gasteiger charge is -2.45. The first-order valence-electron chi connectivity index (χ1n) is 9.82. The lowest BCUT2D eigenvalue weighted by Crippen LogP contribution is -2.71. The van der Waals surface area contributed by atoms with Gasteiger partial charge in [-0.25, -0.2) is 4.79 Å². The van der Waals surface area contributed by atoms with E-state index < -0.39 is 28.8 Å². The van der Waals surface area contributed by atoms with Crippen molar-refractivity contribution in [3.63, 3.8) is 0 Å². The third kappa shape index (κ3) is 3.92. The molecule has 3 fully saturated rings. The van der Waals surface area contributed by atoms with Gasteiger partial charge in [-0.15, -0.1) is 11.8 Å². The SMILES string of the molecule is CN1CN(C(C(=O)NC2C(=O)N3[C@@H]2SC(C)(C)[C@@H]3C(=O)O)c2ccccc2)CSC1=S. The number of hydrogen-bond acceptors (Lipinski definition) is 7. The Kier molecular flexibility index (Phi) is 5.97. The summed E-state index contributed by atoms with van der Waals surface area (Å²) < 4.78 is 0.143. The second kappa shape index (κ2) is 8.27. The van der Waals surface area contributed by atoms with Crippen LogP contribution < -0.4 is 5.32 Å². The number of thiocarbonyl (C=S) groups is 1. The Balaban J connectivity index is 1.55. The summed E-state index contributed by atoms with van der Waals surface area (Å²) in [6.45, 7) is 4.13. The second-order valence-corrected chi connectivity index (χ2v) is 11.7. The topological polar surface area (TPSA) is 93.2 Å². The number of carboxylic acids is 1. The van der Waals surface area contributed by atoms with E-state index in [0.717, 1.165) is 9.88 Å². The van der Waals surface area contributed by atoms with Crippen LogP contribution >= 0.6 is 35.7 Å². The number of benzene rings is 1. The average Bonchev–Trinajstić information content (AvgIpc) is 2.98. The molecule has 166 valence electrons. The van der Waals surface area contributed by atoms with Crippen molar-refractivity contribution in [2.75, 3.05) is 19.6 Å². The number of carboxylic acid groups (broad SMARTS) is 1. The number of amides is 2. The summed E-state index contributed by atoms with van der Waals surface area (Å²) in [6, 6.07) is 7.21. The van der Waals surface area contributed by atoms with Gasteiger partial charge in [-0.2, -0.15) is 0 Å². The van der Waals surface area contributed by atoms with Gasteiger partial charge in [0.05, 0.1) is 12.5 Å². The molecule has 3 heterocycles. The van der Waals surface area contributed by atoms with E-state index in [-0.39, 0.29) is 17.2 Å². The molecule has 0 radical (unpaired) electrons. The minimum atomic E-state index is -1.02. The molecule has 0 saturated carbocycles. The van der Waals surface area contributed by atoms with E-state index in [2.05, 4.69) is 5.32 Å². The zero-order valence-corrected chi connectivity index (χ0v) is 19.8. The molecule has 2 amide bonds. The molecule has 11 heteroatoms. The van der Waals surface area contributed by atoms with E-state index in [1.165, 1.54) is 28.4 Å². The Bertz CT molecular complexity index is 928. The Labute approximate surface area is 194 Å². The number of rotatable bonds is 5. The highest BCUT2D eigenvalue weighted by Crippen LogP contribution is 2.50. The van der Waals surface area contributed by atoms with Crippen molar-refractivity contribution in [3.05, 3.63) is 35.9 Å². The first-order valence-corrected chi connectivity index (χ1v) is 12.1. The fourth-order valence-electron chi connectivity index (χ4n) is 4.32. The number of fused-ring (bicyclic) bond motifs is 1. The molecular formula is C20H24N4O4S3. The standard InChI is InChI=1S/C20H24N4O4S3/c1-20(2)14(18(27)28)24-16(26)12(17(24)31-20)21-15(25)13(11-7-5-4-6-8-11)23-9-22(3)19(29)30-10-23/h4-8,12-14,17H,9-10H2,1-3H3,(H,21,25)(H,27,28)/t12?,13?,14-,17+/m0/s1. The largest absolute Gasteiger partial charge is 0.480 e. The quantitative estimate of drug-likeness (QED) is 0.481. The summed E-state index contributed by atoms with van der Waals surface area (Å²) in [5, 5.41) is 12.1. The number of β-lactam (4-membered cyclic amide) rings is 1. The van der Waals surface area contributed by atoms with Crippen LogP contribution in [0.3, 0.4) is 0 Å². The maximum Gasteiger partial charge on any atom is 0.327 e. The van der Waals surface area contributed by atoms with Crippen molar-refractivity contribution < 1.29 is 19.5 Å². The van der Waals surface area contributed by atoms with E-state index >= 15 is 0 Å². The van der Waals surface area contributed by atoms with Crippen LogP contribution in [0.2, 0.25) is 0 Å². The summed E-state index contributed by atoms with van der Waals surface area (Å²) in [4.78, 5) is 43.3. The Hall–Kier alpha value is -1.82. The van der Waals surface area contributed by atoms with Gasteiger partial charge >= 0.3 is 5.97 Å². The van der Waals surface area contributed by atoms with Gasteiger partial charge in [0.2, 0.25) is 11.8 Å². The maximum atomic E-state index is 13.4. The second-order valence-electron chi connectivity index (χ2n) is 8.37.